The van der Waals surface area contributed by atoms with Crippen molar-refractivity contribution in [3.63, 3.8) is 0 Å². The minimum Gasteiger partial charge on any atom is -0.491 e. The lowest BCUT2D eigenvalue weighted by Crippen LogP contribution is -2.22. The molecule has 0 aromatic heterocycles. The van der Waals surface area contributed by atoms with E-state index in [-0.39, 0.29) is 5.82 Å². The molecule has 1 aromatic carbocycles. The summed E-state index contributed by atoms with van der Waals surface area (Å²) in [5, 5.41) is 0. The van der Waals surface area contributed by atoms with Crippen LogP contribution in [0.5, 0.6) is 5.75 Å². The molecule has 6 heteroatoms. The first-order valence-corrected chi connectivity index (χ1v) is 8.67. The fourth-order valence-corrected chi connectivity index (χ4v) is 3.59. The van der Waals surface area contributed by atoms with Gasteiger partial charge in [0.05, 0.1) is 11.5 Å². The molecule has 1 aromatic rings. The van der Waals surface area contributed by atoms with Gasteiger partial charge in [-0.1, -0.05) is 0 Å². The molecule has 4 rings (SSSR count). The summed E-state index contributed by atoms with van der Waals surface area (Å²) in [6.45, 7) is 2.18. The molecule has 1 N–H and O–H groups in total. The molecule has 4 nitrogen and oxygen atoms in total. The highest BCUT2D eigenvalue weighted by Gasteiger charge is 2.31. The minimum absolute atomic E-state index is 0.278. The van der Waals surface area contributed by atoms with Crippen molar-refractivity contribution in [1.29, 1.82) is 0 Å². The number of nitrogens with one attached hydrogen (secondary N) is 1. The van der Waals surface area contributed by atoms with Crippen LogP contribution in [0.4, 0.5) is 10.1 Å². The van der Waals surface area contributed by atoms with Gasteiger partial charge in [-0.15, -0.1) is 0 Å². The largest absolute Gasteiger partial charge is 0.491 e. The van der Waals surface area contributed by atoms with E-state index < -0.39 is 0 Å². The van der Waals surface area contributed by atoms with Crippen LogP contribution >= 0.6 is 11.9 Å². The summed E-state index contributed by atoms with van der Waals surface area (Å²) in [6.07, 6.45) is 4.37. The van der Waals surface area contributed by atoms with Gasteiger partial charge < -0.3 is 14.2 Å². The lowest BCUT2D eigenvalue weighted by Gasteiger charge is -2.24. The molecule has 2 fully saturated rings. The maximum absolute atomic E-state index is 13.8. The first kappa shape index (κ1) is 14.3. The maximum atomic E-state index is 13.8. The highest BCUT2D eigenvalue weighted by atomic mass is 32.2. The lowest BCUT2D eigenvalue weighted by atomic mass is 10.0. The summed E-state index contributed by atoms with van der Waals surface area (Å²) in [4.78, 5) is 5.48. The molecule has 0 atom stereocenters. The summed E-state index contributed by atoms with van der Waals surface area (Å²) >= 11 is 1.43. The van der Waals surface area contributed by atoms with Crippen molar-refractivity contribution in [2.24, 2.45) is 16.8 Å². The Bertz CT molecular complexity index is 598. The van der Waals surface area contributed by atoms with E-state index in [1.807, 2.05) is 0 Å². The molecule has 0 spiro atoms. The van der Waals surface area contributed by atoms with Crippen LogP contribution in [0, 0.1) is 17.7 Å². The van der Waals surface area contributed by atoms with Gasteiger partial charge >= 0.3 is 0 Å². The summed E-state index contributed by atoms with van der Waals surface area (Å²) in [5.74, 6) is 2.30. The van der Waals surface area contributed by atoms with Crippen molar-refractivity contribution in [1.82, 2.24) is 4.72 Å². The second-order valence-electron chi connectivity index (χ2n) is 6.09. The Hall–Kier alpha value is -1.27. The van der Waals surface area contributed by atoms with Crippen molar-refractivity contribution in [3.05, 3.63) is 17.9 Å². The normalized spacial score (nSPS) is 21.8. The second-order valence-corrected chi connectivity index (χ2v) is 6.94. The van der Waals surface area contributed by atoms with Crippen LogP contribution in [-0.2, 0) is 4.74 Å². The Morgan fingerprint density at radius 3 is 2.86 bits per heavy atom. The van der Waals surface area contributed by atoms with E-state index in [4.69, 9.17) is 9.47 Å². The van der Waals surface area contributed by atoms with Crippen LogP contribution in [-0.4, -0.2) is 25.7 Å². The summed E-state index contributed by atoms with van der Waals surface area (Å²) in [7, 11) is 0. The van der Waals surface area contributed by atoms with Gasteiger partial charge in [-0.3, -0.25) is 0 Å². The minimum atomic E-state index is -0.278. The molecular weight excluding hydrogens is 303 g/mol. The Balaban J connectivity index is 1.55. The van der Waals surface area contributed by atoms with Gasteiger partial charge in [0.15, 0.2) is 0 Å². The molecule has 0 amide bonds. The van der Waals surface area contributed by atoms with E-state index >= 15 is 0 Å². The number of fused-ring (bicyclic) bond motifs is 1. The predicted octanol–water partition coefficient (Wildman–Crippen LogP) is 3.68. The number of benzene rings is 1. The summed E-state index contributed by atoms with van der Waals surface area (Å²) in [5.41, 5.74) is 0.777. The Kier molecular flexibility index (Phi) is 3.96. The summed E-state index contributed by atoms with van der Waals surface area (Å²) in [6, 6.07) is 2.97. The van der Waals surface area contributed by atoms with Crippen LogP contribution in [0.1, 0.15) is 25.7 Å². The van der Waals surface area contributed by atoms with E-state index in [2.05, 4.69) is 9.71 Å². The zero-order valence-electron chi connectivity index (χ0n) is 12.3. The molecule has 0 bridgehead atoms. The van der Waals surface area contributed by atoms with Crippen molar-refractivity contribution in [3.8, 4) is 5.75 Å². The molecule has 0 unspecified atom stereocenters. The monoisotopic (exact) mass is 322 g/mol. The Labute approximate surface area is 133 Å². The number of ether oxygens (including phenoxy) is 2. The molecule has 3 aliphatic rings. The lowest BCUT2D eigenvalue weighted by molar-refractivity contribution is 0.0498. The number of hydrogen-bond donors (Lipinski definition) is 1. The first-order chi connectivity index (χ1) is 10.8. The van der Waals surface area contributed by atoms with Crippen LogP contribution < -0.4 is 9.46 Å². The first-order valence-electron chi connectivity index (χ1n) is 7.85. The highest BCUT2D eigenvalue weighted by molar-refractivity contribution is 7.98. The van der Waals surface area contributed by atoms with Gasteiger partial charge in [0, 0.05) is 25.2 Å². The number of hydrogen-bond acceptors (Lipinski definition) is 5. The molecule has 22 heavy (non-hydrogen) atoms. The van der Waals surface area contributed by atoms with Gasteiger partial charge in [0.1, 0.15) is 23.1 Å². The van der Waals surface area contributed by atoms with Crippen molar-refractivity contribution in [2.75, 3.05) is 19.8 Å². The number of halogens is 1. The summed E-state index contributed by atoms with van der Waals surface area (Å²) < 4.78 is 28.3. The molecule has 1 aliphatic carbocycles. The Morgan fingerprint density at radius 2 is 2.09 bits per heavy atom. The number of nitrogens with zero attached hydrogens (tertiary/aromatic N) is 1. The van der Waals surface area contributed by atoms with E-state index in [0.717, 1.165) is 42.5 Å². The van der Waals surface area contributed by atoms with Crippen molar-refractivity contribution >= 4 is 23.5 Å². The molecule has 1 saturated carbocycles. The van der Waals surface area contributed by atoms with Gasteiger partial charge in [0.2, 0.25) is 0 Å². The third kappa shape index (κ3) is 3.08. The van der Waals surface area contributed by atoms with Crippen molar-refractivity contribution < 1.29 is 13.9 Å². The third-order valence-corrected chi connectivity index (χ3v) is 5.12. The smallest absolute Gasteiger partial charge is 0.149 e. The molecule has 0 radical (unpaired) electrons. The highest BCUT2D eigenvalue weighted by Crippen LogP contribution is 2.43. The van der Waals surface area contributed by atoms with Gasteiger partial charge in [-0.05, 0) is 49.6 Å². The Morgan fingerprint density at radius 1 is 1.27 bits per heavy atom. The average Bonchev–Trinajstić information content (AvgIpc) is 3.38. The zero-order valence-corrected chi connectivity index (χ0v) is 13.1. The van der Waals surface area contributed by atoms with Crippen LogP contribution in [0.2, 0.25) is 0 Å². The van der Waals surface area contributed by atoms with Crippen LogP contribution in [0.25, 0.3) is 0 Å². The topological polar surface area (TPSA) is 42.9 Å². The fraction of sp³-hybridized carbons (Fsp3) is 0.562. The zero-order chi connectivity index (χ0) is 14.9. The standard InChI is InChI=1S/C16H19FN2O2S/c17-12-7-13(21-9-10-3-5-20-6-4-10)15-14(8-12)22-19-16(18-15)11-1-2-11/h7-8,10-11H,1-6,9H2,(H,18,19). The molecule has 118 valence electrons. The molecule has 2 heterocycles. The number of aliphatic imine (C=N–C) groups is 1. The average molecular weight is 322 g/mol. The van der Waals surface area contributed by atoms with E-state index in [1.54, 1.807) is 0 Å². The van der Waals surface area contributed by atoms with Gasteiger partial charge in [-0.2, -0.15) is 0 Å². The predicted molar refractivity (Wildman–Crippen MR) is 84.2 cm³/mol. The van der Waals surface area contributed by atoms with Gasteiger partial charge in [-0.25, -0.2) is 9.38 Å². The molecule has 1 saturated heterocycles. The van der Waals surface area contributed by atoms with E-state index in [0.29, 0.717) is 24.2 Å². The van der Waals surface area contributed by atoms with Crippen LogP contribution in [0.15, 0.2) is 22.0 Å². The quantitative estimate of drug-likeness (QED) is 0.859. The van der Waals surface area contributed by atoms with E-state index in [9.17, 15) is 4.39 Å². The van der Waals surface area contributed by atoms with E-state index in [1.165, 1.54) is 36.9 Å². The maximum Gasteiger partial charge on any atom is 0.149 e. The van der Waals surface area contributed by atoms with Crippen LogP contribution in [0.3, 0.4) is 0 Å². The SMILES string of the molecule is Fc1cc(OCC2CCOCC2)c2c(c1)SNC(C1CC1)=N2. The van der Waals surface area contributed by atoms with Gasteiger partial charge in [0.25, 0.3) is 0 Å². The fourth-order valence-electron chi connectivity index (χ4n) is 2.75. The number of rotatable bonds is 4. The van der Waals surface area contributed by atoms with Crippen molar-refractivity contribution in [2.45, 2.75) is 30.6 Å². The second kappa shape index (κ2) is 6.08. The third-order valence-electron chi connectivity index (χ3n) is 4.28. The number of amidine groups is 1. The molecule has 2 aliphatic heterocycles. The molecular formula is C16H19FN2O2S.